The zero-order chi connectivity index (χ0) is 18.0. The van der Waals surface area contributed by atoms with E-state index in [1.165, 1.54) is 12.1 Å². The Morgan fingerprint density at radius 1 is 1.36 bits per heavy atom. The van der Waals surface area contributed by atoms with Crippen molar-refractivity contribution in [2.45, 2.75) is 20.4 Å². The van der Waals surface area contributed by atoms with Crippen LogP contribution in [0.4, 0.5) is 9.52 Å². The Balaban J connectivity index is 1.73. The average molecular weight is 361 g/mol. The van der Waals surface area contributed by atoms with Crippen LogP contribution in [-0.2, 0) is 16.1 Å². The number of anilines is 1. The molecule has 0 aliphatic heterocycles. The van der Waals surface area contributed by atoms with Crippen molar-refractivity contribution in [3.63, 3.8) is 0 Å². The van der Waals surface area contributed by atoms with Gasteiger partial charge in [0.15, 0.2) is 5.13 Å². The van der Waals surface area contributed by atoms with Gasteiger partial charge in [0.25, 0.3) is 0 Å². The molecule has 8 heteroatoms. The maximum atomic E-state index is 13.4. The van der Waals surface area contributed by atoms with Crippen molar-refractivity contribution < 1.29 is 18.7 Å². The van der Waals surface area contributed by atoms with E-state index in [4.69, 9.17) is 4.74 Å². The van der Waals surface area contributed by atoms with Crippen molar-refractivity contribution in [3.05, 3.63) is 46.9 Å². The fourth-order valence-electron chi connectivity index (χ4n) is 2.44. The van der Waals surface area contributed by atoms with E-state index < -0.39 is 5.97 Å². The van der Waals surface area contributed by atoms with E-state index in [-0.39, 0.29) is 24.9 Å². The van der Waals surface area contributed by atoms with Crippen LogP contribution >= 0.6 is 11.3 Å². The van der Waals surface area contributed by atoms with Crippen molar-refractivity contribution >= 4 is 39.2 Å². The first-order valence-corrected chi connectivity index (χ1v) is 8.48. The van der Waals surface area contributed by atoms with Gasteiger partial charge in [-0.2, -0.15) is 0 Å². The first-order valence-electron chi connectivity index (χ1n) is 7.66. The third kappa shape index (κ3) is 3.69. The summed E-state index contributed by atoms with van der Waals surface area (Å²) in [5.41, 5.74) is 1.14. The van der Waals surface area contributed by atoms with E-state index in [9.17, 15) is 14.0 Å². The molecule has 0 radical (unpaired) electrons. The molecular formula is C17H16FN3O3S. The summed E-state index contributed by atoms with van der Waals surface area (Å²) in [7, 11) is 0. The van der Waals surface area contributed by atoms with Crippen LogP contribution in [0.2, 0.25) is 0 Å². The Labute approximate surface area is 147 Å². The number of rotatable bonds is 5. The van der Waals surface area contributed by atoms with Gasteiger partial charge in [-0.05, 0) is 43.5 Å². The molecule has 1 N–H and O–H groups in total. The number of carbonyl (C=O) groups excluding carboxylic acids is 2. The summed E-state index contributed by atoms with van der Waals surface area (Å²) in [6.45, 7) is 3.69. The molecule has 0 bridgehead atoms. The molecule has 1 aromatic carbocycles. The van der Waals surface area contributed by atoms with Gasteiger partial charge in [-0.1, -0.05) is 11.3 Å². The zero-order valence-corrected chi connectivity index (χ0v) is 14.5. The molecule has 6 nitrogen and oxygen atoms in total. The van der Waals surface area contributed by atoms with Crippen LogP contribution in [0.25, 0.3) is 10.9 Å². The highest BCUT2D eigenvalue weighted by Gasteiger charge is 2.17. The van der Waals surface area contributed by atoms with Crippen molar-refractivity contribution in [1.29, 1.82) is 0 Å². The summed E-state index contributed by atoms with van der Waals surface area (Å²) < 4.78 is 20.0. The number of halogens is 1. The summed E-state index contributed by atoms with van der Waals surface area (Å²) in [6.07, 6.45) is 1.72. The molecule has 130 valence electrons. The minimum absolute atomic E-state index is 0.0142. The predicted octanol–water partition coefficient (Wildman–Crippen LogP) is 3.36. The second-order valence-electron chi connectivity index (χ2n) is 5.35. The second kappa shape index (κ2) is 7.02. The highest BCUT2D eigenvalue weighted by molar-refractivity contribution is 7.17. The van der Waals surface area contributed by atoms with E-state index >= 15 is 0 Å². The number of thiazole rings is 1. The van der Waals surface area contributed by atoms with Gasteiger partial charge in [-0.3, -0.25) is 4.79 Å². The molecule has 0 spiro atoms. The molecule has 2 heterocycles. The minimum atomic E-state index is -0.454. The molecule has 3 rings (SSSR count). The molecule has 1 amide bonds. The lowest BCUT2D eigenvalue weighted by atomic mass is 10.2. The maximum absolute atomic E-state index is 13.4. The Bertz CT molecular complexity index is 948. The van der Waals surface area contributed by atoms with Gasteiger partial charge in [0, 0.05) is 6.20 Å². The highest BCUT2D eigenvalue weighted by Crippen LogP contribution is 2.24. The van der Waals surface area contributed by atoms with E-state index in [1.54, 1.807) is 30.7 Å². The zero-order valence-electron chi connectivity index (χ0n) is 13.7. The number of nitrogens with one attached hydrogen (secondary N) is 1. The largest absolute Gasteiger partial charge is 0.462 e. The molecule has 0 saturated heterocycles. The number of ether oxygens (including phenoxy) is 1. The number of fused-ring (bicyclic) bond motifs is 1. The molecule has 25 heavy (non-hydrogen) atoms. The van der Waals surface area contributed by atoms with Crippen molar-refractivity contribution in [1.82, 2.24) is 9.55 Å². The number of nitrogens with zero attached hydrogens (tertiary/aromatic N) is 2. The van der Waals surface area contributed by atoms with E-state index in [0.29, 0.717) is 21.2 Å². The fourth-order valence-corrected chi connectivity index (χ4v) is 3.32. The Kier molecular flexibility index (Phi) is 4.80. The number of aromatic nitrogens is 2. The lowest BCUT2D eigenvalue weighted by molar-refractivity contribution is -0.116. The molecule has 0 saturated carbocycles. The average Bonchev–Trinajstić information content (AvgIpc) is 3.11. The number of benzene rings is 1. The predicted molar refractivity (Wildman–Crippen MR) is 93.3 cm³/mol. The molecule has 2 aromatic heterocycles. The molecule has 0 aliphatic carbocycles. The van der Waals surface area contributed by atoms with Gasteiger partial charge in [-0.15, -0.1) is 0 Å². The molecular weight excluding hydrogens is 345 g/mol. The van der Waals surface area contributed by atoms with Gasteiger partial charge < -0.3 is 14.6 Å². The minimum Gasteiger partial charge on any atom is -0.462 e. The van der Waals surface area contributed by atoms with Gasteiger partial charge in [-0.25, -0.2) is 14.2 Å². The van der Waals surface area contributed by atoms with Crippen LogP contribution in [0.15, 0.2) is 30.5 Å². The van der Waals surface area contributed by atoms with Crippen molar-refractivity contribution in [3.8, 4) is 0 Å². The number of hydrogen-bond acceptors (Lipinski definition) is 5. The van der Waals surface area contributed by atoms with E-state index in [1.807, 2.05) is 6.07 Å². The molecule has 0 unspecified atom stereocenters. The highest BCUT2D eigenvalue weighted by atomic mass is 32.1. The van der Waals surface area contributed by atoms with Gasteiger partial charge in [0.1, 0.15) is 17.2 Å². The van der Waals surface area contributed by atoms with Gasteiger partial charge in [0.05, 0.1) is 17.8 Å². The molecule has 0 fully saturated rings. The summed E-state index contributed by atoms with van der Waals surface area (Å²) in [5.74, 6) is -1.13. The number of aryl methyl sites for hydroxylation is 1. The normalized spacial score (nSPS) is 10.8. The number of carbonyl (C=O) groups is 2. The van der Waals surface area contributed by atoms with Crippen LogP contribution in [0, 0.1) is 12.7 Å². The van der Waals surface area contributed by atoms with E-state index in [2.05, 4.69) is 10.3 Å². The first kappa shape index (κ1) is 17.1. The molecule has 0 aliphatic rings. The summed E-state index contributed by atoms with van der Waals surface area (Å²) in [6, 6.07) is 6.24. The number of hydrogen-bond donors (Lipinski definition) is 1. The van der Waals surface area contributed by atoms with Crippen LogP contribution < -0.4 is 5.32 Å². The van der Waals surface area contributed by atoms with Gasteiger partial charge >= 0.3 is 5.97 Å². The topological polar surface area (TPSA) is 73.2 Å². The van der Waals surface area contributed by atoms with Gasteiger partial charge in [0.2, 0.25) is 5.91 Å². The second-order valence-corrected chi connectivity index (χ2v) is 6.35. The van der Waals surface area contributed by atoms with Crippen molar-refractivity contribution in [2.24, 2.45) is 0 Å². The van der Waals surface area contributed by atoms with Crippen LogP contribution in [0.3, 0.4) is 0 Å². The maximum Gasteiger partial charge on any atom is 0.350 e. The Morgan fingerprint density at radius 2 is 2.16 bits per heavy atom. The summed E-state index contributed by atoms with van der Waals surface area (Å²) in [4.78, 5) is 28.6. The van der Waals surface area contributed by atoms with Crippen LogP contribution in [0.5, 0.6) is 0 Å². The Hall–Kier alpha value is -2.74. The first-order chi connectivity index (χ1) is 12.0. The lowest BCUT2D eigenvalue weighted by Crippen LogP contribution is -2.18. The number of amides is 1. The lowest BCUT2D eigenvalue weighted by Gasteiger charge is -2.05. The quantitative estimate of drug-likeness (QED) is 0.707. The Morgan fingerprint density at radius 3 is 2.92 bits per heavy atom. The molecule has 0 atom stereocenters. The third-order valence-corrected chi connectivity index (χ3v) is 4.61. The summed E-state index contributed by atoms with van der Waals surface area (Å²) >= 11 is 1.07. The molecule has 3 aromatic rings. The summed E-state index contributed by atoms with van der Waals surface area (Å²) in [5, 5.41) is 3.84. The third-order valence-electron chi connectivity index (χ3n) is 3.55. The van der Waals surface area contributed by atoms with E-state index in [0.717, 1.165) is 16.7 Å². The standard InChI is InChI=1S/C17H16FN3O3S/c1-3-24-16(23)15-10(2)19-17(25-15)20-14(22)9-21-7-6-11-4-5-12(18)8-13(11)21/h4-8H,3,9H2,1-2H3,(H,19,20,22). The monoisotopic (exact) mass is 361 g/mol. The van der Waals surface area contributed by atoms with Crippen LogP contribution in [0.1, 0.15) is 22.3 Å². The fraction of sp³-hybridized carbons (Fsp3) is 0.235. The smallest absolute Gasteiger partial charge is 0.350 e. The van der Waals surface area contributed by atoms with Crippen LogP contribution in [-0.4, -0.2) is 28.0 Å². The number of esters is 1. The van der Waals surface area contributed by atoms with Crippen molar-refractivity contribution in [2.75, 3.05) is 11.9 Å². The SMILES string of the molecule is CCOC(=O)c1sc(NC(=O)Cn2ccc3ccc(F)cc32)nc1C.